The maximum atomic E-state index is 13.3. The zero-order valence-electron chi connectivity index (χ0n) is 22.3. The highest BCUT2D eigenvalue weighted by atomic mass is 16.2. The summed E-state index contributed by atoms with van der Waals surface area (Å²) >= 11 is 0. The average molecular weight is 503 g/mol. The van der Waals surface area contributed by atoms with E-state index in [2.05, 4.69) is 25.7 Å². The molecule has 2 N–H and O–H groups in total. The van der Waals surface area contributed by atoms with Crippen molar-refractivity contribution in [2.24, 2.45) is 7.05 Å². The number of aryl methyl sites for hydroxylation is 2. The minimum Gasteiger partial charge on any atom is -0.355 e. The number of nitrogens with zero attached hydrogens (tertiary/aromatic N) is 4. The van der Waals surface area contributed by atoms with E-state index < -0.39 is 17.2 Å². The Morgan fingerprint density at radius 3 is 2.32 bits per heavy atom. The van der Waals surface area contributed by atoms with Crippen LogP contribution in [0.15, 0.2) is 36.5 Å². The zero-order chi connectivity index (χ0) is 26.9. The largest absolute Gasteiger partial charge is 0.355 e. The summed E-state index contributed by atoms with van der Waals surface area (Å²) in [6.07, 6.45) is 2.96. The summed E-state index contributed by atoms with van der Waals surface area (Å²) in [7, 11) is 1.71. The molecule has 0 bridgehead atoms. The van der Waals surface area contributed by atoms with Crippen molar-refractivity contribution in [3.05, 3.63) is 70.2 Å². The molecule has 2 amide bonds. The Bertz CT molecular complexity index is 1350. The molecule has 0 radical (unpaired) electrons. The third-order valence-electron chi connectivity index (χ3n) is 7.51. The van der Waals surface area contributed by atoms with Gasteiger partial charge in [0.25, 0.3) is 17.6 Å². The number of hydrogen-bond acceptors (Lipinski definition) is 6. The number of amides is 2. The van der Waals surface area contributed by atoms with Gasteiger partial charge in [-0.1, -0.05) is 6.07 Å². The molecule has 9 nitrogen and oxygen atoms in total. The predicted octanol–water partition coefficient (Wildman–Crippen LogP) is 3.66. The number of rotatable bonds is 6. The van der Waals surface area contributed by atoms with Gasteiger partial charge in [-0.2, -0.15) is 5.10 Å². The summed E-state index contributed by atoms with van der Waals surface area (Å²) in [5.74, 6) is -0.823. The molecule has 3 heterocycles. The fraction of sp³-hybridized carbons (Fsp3) is 0.393. The monoisotopic (exact) mass is 502 g/mol. The van der Waals surface area contributed by atoms with Gasteiger partial charge in [0.15, 0.2) is 5.82 Å². The van der Waals surface area contributed by atoms with Crippen molar-refractivity contribution in [3.63, 3.8) is 0 Å². The van der Waals surface area contributed by atoms with Crippen LogP contribution < -0.4 is 15.5 Å². The van der Waals surface area contributed by atoms with Gasteiger partial charge in [-0.05, 0) is 88.4 Å². The molecule has 194 valence electrons. The van der Waals surface area contributed by atoms with Crippen LogP contribution in [0.2, 0.25) is 0 Å². The Hall–Kier alpha value is -4.01. The second-order valence-corrected chi connectivity index (χ2v) is 10.2. The minimum absolute atomic E-state index is 0.223. The van der Waals surface area contributed by atoms with Crippen molar-refractivity contribution in [2.75, 3.05) is 23.3 Å². The molecule has 0 atom stereocenters. The number of benzene rings is 1. The van der Waals surface area contributed by atoms with Gasteiger partial charge in [-0.15, -0.1) is 5.10 Å². The Labute approximate surface area is 217 Å². The Kier molecular flexibility index (Phi) is 7.16. The van der Waals surface area contributed by atoms with Crippen molar-refractivity contribution in [3.8, 4) is 0 Å². The summed E-state index contributed by atoms with van der Waals surface area (Å²) in [6, 6.07) is 9.47. The molecular weight excluding hydrogens is 468 g/mol. The third-order valence-corrected chi connectivity index (χ3v) is 7.51. The second-order valence-electron chi connectivity index (χ2n) is 10.2. The van der Waals surface area contributed by atoms with Crippen molar-refractivity contribution in [2.45, 2.75) is 53.0 Å². The normalized spacial score (nSPS) is 14.8. The number of nitrogens with one attached hydrogen (secondary N) is 2. The first-order chi connectivity index (χ1) is 17.5. The van der Waals surface area contributed by atoms with Crippen LogP contribution in [0.4, 0.5) is 11.5 Å². The summed E-state index contributed by atoms with van der Waals surface area (Å²) in [6.45, 7) is 10.8. The number of carbonyl (C=O) groups is 3. The van der Waals surface area contributed by atoms with E-state index in [9.17, 15) is 14.4 Å². The van der Waals surface area contributed by atoms with Crippen molar-refractivity contribution < 1.29 is 14.4 Å². The lowest BCUT2D eigenvalue weighted by Crippen LogP contribution is -2.55. The van der Waals surface area contributed by atoms with E-state index in [1.807, 2.05) is 51.1 Å². The maximum absolute atomic E-state index is 13.3. The van der Waals surface area contributed by atoms with Crippen LogP contribution in [0.1, 0.15) is 63.0 Å². The average Bonchev–Trinajstić information content (AvgIpc) is 3.09. The SMILES string of the molecule is Cc1ccc(NC(=O)c2c(C)c(C(=O)C(=O)NC3(C)CCN(c4cccnn4)CC3)n(C)c2C)cc1C. The molecule has 1 aliphatic rings. The van der Waals surface area contributed by atoms with Crippen LogP contribution in [0.5, 0.6) is 0 Å². The van der Waals surface area contributed by atoms with Gasteiger partial charge in [0, 0.05) is 43.3 Å². The first-order valence-electron chi connectivity index (χ1n) is 12.4. The van der Waals surface area contributed by atoms with E-state index in [1.165, 1.54) is 0 Å². The Morgan fingerprint density at radius 1 is 1.00 bits per heavy atom. The van der Waals surface area contributed by atoms with Crippen LogP contribution in [0.3, 0.4) is 0 Å². The molecule has 9 heteroatoms. The molecular formula is C28H34N6O3. The summed E-state index contributed by atoms with van der Waals surface area (Å²) in [5, 5.41) is 14.0. The molecule has 1 aliphatic heterocycles. The van der Waals surface area contributed by atoms with Crippen molar-refractivity contribution >= 4 is 29.1 Å². The van der Waals surface area contributed by atoms with Gasteiger partial charge in [0.1, 0.15) is 0 Å². The maximum Gasteiger partial charge on any atom is 0.294 e. The Balaban J connectivity index is 1.47. The molecule has 1 saturated heterocycles. The summed E-state index contributed by atoms with van der Waals surface area (Å²) < 4.78 is 1.63. The quantitative estimate of drug-likeness (QED) is 0.393. The summed E-state index contributed by atoms with van der Waals surface area (Å²) in [5.41, 5.74) is 4.11. The molecule has 1 aromatic carbocycles. The standard InChI is InChI=1S/C28H34N6O3/c1-17-9-10-21(16-18(17)2)30-26(36)23-19(3)24(33(6)20(23)4)25(35)27(37)31-28(5)11-14-34(15-12-28)22-8-7-13-29-32-22/h7-10,13,16H,11-12,14-15H2,1-6H3,(H,30,36)(H,31,37). The zero-order valence-corrected chi connectivity index (χ0v) is 22.3. The number of hydrogen-bond donors (Lipinski definition) is 2. The van der Waals surface area contributed by atoms with Gasteiger partial charge in [-0.3, -0.25) is 14.4 Å². The van der Waals surface area contributed by atoms with Gasteiger partial charge < -0.3 is 20.1 Å². The first kappa shape index (κ1) is 26.1. The number of aromatic nitrogens is 3. The lowest BCUT2D eigenvalue weighted by Gasteiger charge is -2.40. The highest BCUT2D eigenvalue weighted by Crippen LogP contribution is 2.27. The number of anilines is 2. The third kappa shape index (κ3) is 5.26. The van der Waals surface area contributed by atoms with E-state index in [0.29, 0.717) is 48.4 Å². The van der Waals surface area contributed by atoms with Gasteiger partial charge in [0.05, 0.1) is 11.3 Å². The first-order valence-corrected chi connectivity index (χ1v) is 12.4. The second kappa shape index (κ2) is 10.2. The molecule has 4 rings (SSSR count). The number of ketones is 1. The van der Waals surface area contributed by atoms with Crippen LogP contribution in [0, 0.1) is 27.7 Å². The number of carbonyl (C=O) groups excluding carboxylic acids is 3. The van der Waals surface area contributed by atoms with Crippen molar-refractivity contribution in [1.29, 1.82) is 0 Å². The predicted molar refractivity (Wildman–Crippen MR) is 143 cm³/mol. The van der Waals surface area contributed by atoms with E-state index in [1.54, 1.807) is 31.7 Å². The molecule has 1 fully saturated rings. The van der Waals surface area contributed by atoms with E-state index in [-0.39, 0.29) is 11.6 Å². The molecule has 0 spiro atoms. The van der Waals surface area contributed by atoms with E-state index >= 15 is 0 Å². The summed E-state index contributed by atoms with van der Waals surface area (Å²) in [4.78, 5) is 41.7. The minimum atomic E-state index is -0.666. The van der Waals surface area contributed by atoms with E-state index in [4.69, 9.17) is 0 Å². The number of Topliss-reactive ketones (excluding diaryl/α,β-unsaturated/α-hetero) is 1. The molecule has 0 unspecified atom stereocenters. The van der Waals surface area contributed by atoms with Gasteiger partial charge in [0.2, 0.25) is 0 Å². The van der Waals surface area contributed by atoms with Gasteiger partial charge >= 0.3 is 0 Å². The fourth-order valence-corrected chi connectivity index (χ4v) is 4.90. The van der Waals surface area contributed by atoms with Crippen LogP contribution in [-0.2, 0) is 11.8 Å². The molecule has 0 aliphatic carbocycles. The molecule has 2 aromatic heterocycles. The lowest BCUT2D eigenvalue weighted by atomic mass is 9.89. The van der Waals surface area contributed by atoms with Gasteiger partial charge in [-0.25, -0.2) is 0 Å². The van der Waals surface area contributed by atoms with E-state index in [0.717, 1.165) is 16.9 Å². The highest BCUT2D eigenvalue weighted by molar-refractivity contribution is 6.43. The smallest absolute Gasteiger partial charge is 0.294 e. The highest BCUT2D eigenvalue weighted by Gasteiger charge is 2.36. The molecule has 37 heavy (non-hydrogen) atoms. The molecule has 3 aromatic rings. The number of piperidine rings is 1. The van der Waals surface area contributed by atoms with Crippen LogP contribution in [-0.4, -0.2) is 51.0 Å². The van der Waals surface area contributed by atoms with Crippen LogP contribution in [0.25, 0.3) is 0 Å². The lowest BCUT2D eigenvalue weighted by molar-refractivity contribution is -0.118. The fourth-order valence-electron chi connectivity index (χ4n) is 4.90. The Morgan fingerprint density at radius 2 is 1.70 bits per heavy atom. The topological polar surface area (TPSA) is 109 Å². The van der Waals surface area contributed by atoms with Crippen molar-refractivity contribution in [1.82, 2.24) is 20.1 Å². The van der Waals surface area contributed by atoms with Crippen LogP contribution >= 0.6 is 0 Å². The molecule has 0 saturated carbocycles.